The third-order valence-electron chi connectivity index (χ3n) is 2.73. The number of hydrogen-bond acceptors (Lipinski definition) is 2. The van der Waals surface area contributed by atoms with Crippen LogP contribution in [0.25, 0.3) is 11.0 Å². The summed E-state index contributed by atoms with van der Waals surface area (Å²) in [6.07, 6.45) is -0.919. The average Bonchev–Trinajstić information content (AvgIpc) is 2.75. The van der Waals surface area contributed by atoms with Crippen molar-refractivity contribution in [2.24, 2.45) is 0 Å². The predicted molar refractivity (Wildman–Crippen MR) is 66.0 cm³/mol. The van der Waals surface area contributed by atoms with Gasteiger partial charge in [0, 0.05) is 6.42 Å². The quantitative estimate of drug-likeness (QED) is 0.805. The Morgan fingerprint density at radius 2 is 2.22 bits per heavy atom. The number of aromatic nitrogens is 2. The number of nitrogens with one attached hydrogen (secondary N) is 1. The second kappa shape index (κ2) is 5.91. The fourth-order valence-electron chi connectivity index (χ4n) is 1.79. The van der Waals surface area contributed by atoms with Gasteiger partial charge in [0.25, 0.3) is 6.43 Å². The molecule has 0 fully saturated rings. The molecule has 98 valence electrons. The van der Waals surface area contributed by atoms with Crippen molar-refractivity contribution < 1.29 is 13.5 Å². The summed E-state index contributed by atoms with van der Waals surface area (Å²) in [5.41, 5.74) is 3.13. The van der Waals surface area contributed by atoms with Gasteiger partial charge in [-0.1, -0.05) is 13.0 Å². The SMILES string of the molecule is CCc1ccc2nc(CCOCC(F)F)[nH]c2c1. The first-order chi connectivity index (χ1) is 8.69. The second-order valence-corrected chi connectivity index (χ2v) is 4.10. The first kappa shape index (κ1) is 13.0. The van der Waals surface area contributed by atoms with Crippen LogP contribution in [0.1, 0.15) is 18.3 Å². The minimum atomic E-state index is -2.41. The van der Waals surface area contributed by atoms with Gasteiger partial charge in [0.1, 0.15) is 12.4 Å². The van der Waals surface area contributed by atoms with Crippen LogP contribution < -0.4 is 0 Å². The zero-order chi connectivity index (χ0) is 13.0. The maximum Gasteiger partial charge on any atom is 0.261 e. The highest BCUT2D eigenvalue weighted by atomic mass is 19.3. The van der Waals surface area contributed by atoms with Crippen LogP contribution in [-0.4, -0.2) is 29.6 Å². The predicted octanol–water partition coefficient (Wildman–Crippen LogP) is 2.95. The molecule has 0 atom stereocenters. The number of alkyl halides is 2. The molecule has 2 aromatic rings. The van der Waals surface area contributed by atoms with Gasteiger partial charge in [-0.3, -0.25) is 0 Å². The number of ether oxygens (including phenoxy) is 1. The van der Waals surface area contributed by atoms with E-state index in [9.17, 15) is 8.78 Å². The van der Waals surface area contributed by atoms with Crippen LogP contribution in [0.5, 0.6) is 0 Å². The van der Waals surface area contributed by atoms with E-state index in [1.54, 1.807) is 0 Å². The Bertz CT molecular complexity index is 511. The van der Waals surface area contributed by atoms with Crippen molar-refractivity contribution in [2.75, 3.05) is 13.2 Å². The lowest BCUT2D eigenvalue weighted by molar-refractivity contribution is 0.0183. The van der Waals surface area contributed by atoms with E-state index in [1.165, 1.54) is 5.56 Å². The molecule has 1 aromatic heterocycles. The summed E-state index contributed by atoms with van der Waals surface area (Å²) in [4.78, 5) is 7.56. The largest absolute Gasteiger partial charge is 0.375 e. The van der Waals surface area contributed by atoms with Crippen LogP contribution in [0.4, 0.5) is 8.78 Å². The van der Waals surface area contributed by atoms with Crippen molar-refractivity contribution in [3.05, 3.63) is 29.6 Å². The van der Waals surface area contributed by atoms with E-state index in [0.717, 1.165) is 23.3 Å². The van der Waals surface area contributed by atoms with Gasteiger partial charge in [-0.25, -0.2) is 13.8 Å². The molecule has 0 radical (unpaired) electrons. The molecule has 0 amide bonds. The number of halogens is 2. The Labute approximate surface area is 104 Å². The molecule has 0 aliphatic heterocycles. The topological polar surface area (TPSA) is 37.9 Å². The highest BCUT2D eigenvalue weighted by molar-refractivity contribution is 5.75. The Kier molecular flexibility index (Phi) is 4.25. The summed E-state index contributed by atoms with van der Waals surface area (Å²) in [7, 11) is 0. The Hall–Kier alpha value is -1.49. The summed E-state index contributed by atoms with van der Waals surface area (Å²) in [5.74, 6) is 0.771. The van der Waals surface area contributed by atoms with Gasteiger partial charge < -0.3 is 9.72 Å². The number of hydrogen-bond donors (Lipinski definition) is 1. The highest BCUT2D eigenvalue weighted by Gasteiger charge is 2.05. The maximum atomic E-state index is 11.9. The molecule has 0 bridgehead atoms. The van der Waals surface area contributed by atoms with Crippen LogP contribution in [0.3, 0.4) is 0 Å². The van der Waals surface area contributed by atoms with Gasteiger partial charge in [0.2, 0.25) is 0 Å². The van der Waals surface area contributed by atoms with Crippen molar-refractivity contribution in [3.63, 3.8) is 0 Å². The molecule has 0 aliphatic carbocycles. The monoisotopic (exact) mass is 254 g/mol. The lowest BCUT2D eigenvalue weighted by atomic mass is 10.1. The molecule has 5 heteroatoms. The summed E-state index contributed by atoms with van der Waals surface area (Å²) in [6.45, 7) is 1.83. The molecular formula is C13H16F2N2O. The number of rotatable bonds is 6. The summed E-state index contributed by atoms with van der Waals surface area (Å²) < 4.78 is 28.6. The van der Waals surface area contributed by atoms with Crippen LogP contribution in [0.15, 0.2) is 18.2 Å². The van der Waals surface area contributed by atoms with Crippen molar-refractivity contribution in [3.8, 4) is 0 Å². The maximum absolute atomic E-state index is 11.9. The van der Waals surface area contributed by atoms with Crippen LogP contribution in [-0.2, 0) is 17.6 Å². The molecule has 2 rings (SSSR count). The smallest absolute Gasteiger partial charge is 0.261 e. The van der Waals surface area contributed by atoms with E-state index in [2.05, 4.69) is 23.0 Å². The molecule has 0 spiro atoms. The van der Waals surface area contributed by atoms with E-state index in [1.807, 2.05) is 12.1 Å². The van der Waals surface area contributed by atoms with Gasteiger partial charge in [-0.05, 0) is 24.1 Å². The van der Waals surface area contributed by atoms with Gasteiger partial charge in [-0.15, -0.1) is 0 Å². The van der Waals surface area contributed by atoms with Gasteiger partial charge in [0.05, 0.1) is 17.6 Å². The van der Waals surface area contributed by atoms with E-state index in [4.69, 9.17) is 4.74 Å². The van der Waals surface area contributed by atoms with E-state index in [-0.39, 0.29) is 6.61 Å². The van der Waals surface area contributed by atoms with Crippen molar-refractivity contribution >= 4 is 11.0 Å². The zero-order valence-electron chi connectivity index (χ0n) is 10.2. The lowest BCUT2D eigenvalue weighted by Crippen LogP contribution is -2.07. The summed E-state index contributed by atoms with van der Waals surface area (Å²) in [5, 5.41) is 0. The number of fused-ring (bicyclic) bond motifs is 1. The molecule has 1 aromatic carbocycles. The number of aryl methyl sites for hydroxylation is 1. The Morgan fingerprint density at radius 3 is 2.94 bits per heavy atom. The third-order valence-corrected chi connectivity index (χ3v) is 2.73. The molecule has 1 N–H and O–H groups in total. The molecule has 0 unspecified atom stereocenters. The normalized spacial score (nSPS) is 11.6. The number of imidazole rings is 1. The van der Waals surface area contributed by atoms with Gasteiger partial charge in [-0.2, -0.15) is 0 Å². The molecule has 0 saturated heterocycles. The van der Waals surface area contributed by atoms with Crippen molar-refractivity contribution in [1.82, 2.24) is 9.97 Å². The molecular weight excluding hydrogens is 238 g/mol. The van der Waals surface area contributed by atoms with E-state index in [0.29, 0.717) is 6.42 Å². The number of benzene rings is 1. The zero-order valence-corrected chi connectivity index (χ0v) is 10.2. The van der Waals surface area contributed by atoms with Crippen molar-refractivity contribution in [1.29, 1.82) is 0 Å². The van der Waals surface area contributed by atoms with Crippen LogP contribution in [0, 0.1) is 0 Å². The summed E-state index contributed by atoms with van der Waals surface area (Å²) in [6, 6.07) is 6.07. The van der Waals surface area contributed by atoms with Gasteiger partial charge >= 0.3 is 0 Å². The minimum absolute atomic E-state index is 0.255. The third kappa shape index (κ3) is 3.26. The van der Waals surface area contributed by atoms with E-state index < -0.39 is 13.0 Å². The number of H-pyrrole nitrogens is 1. The number of aromatic amines is 1. The molecule has 0 aliphatic rings. The summed E-state index contributed by atoms with van der Waals surface area (Å²) >= 11 is 0. The first-order valence-corrected chi connectivity index (χ1v) is 6.02. The fourth-order valence-corrected chi connectivity index (χ4v) is 1.79. The van der Waals surface area contributed by atoms with Crippen molar-refractivity contribution in [2.45, 2.75) is 26.2 Å². The number of nitrogens with zero attached hydrogens (tertiary/aromatic N) is 1. The van der Waals surface area contributed by atoms with Gasteiger partial charge in [0.15, 0.2) is 0 Å². The average molecular weight is 254 g/mol. The molecule has 0 saturated carbocycles. The first-order valence-electron chi connectivity index (χ1n) is 6.02. The molecule has 1 heterocycles. The molecule has 18 heavy (non-hydrogen) atoms. The fraction of sp³-hybridized carbons (Fsp3) is 0.462. The minimum Gasteiger partial charge on any atom is -0.375 e. The Balaban J connectivity index is 1.97. The standard InChI is InChI=1S/C13H16F2N2O/c1-2-9-3-4-10-11(7-9)17-13(16-10)5-6-18-8-12(14)15/h3-4,7,12H,2,5-6,8H2,1H3,(H,16,17). The second-order valence-electron chi connectivity index (χ2n) is 4.10. The van der Waals surface area contributed by atoms with Crippen LogP contribution in [0.2, 0.25) is 0 Å². The lowest BCUT2D eigenvalue weighted by Gasteiger charge is -2.00. The molecule has 3 nitrogen and oxygen atoms in total. The van der Waals surface area contributed by atoms with Crippen LogP contribution >= 0.6 is 0 Å². The van der Waals surface area contributed by atoms with E-state index >= 15 is 0 Å². The highest BCUT2D eigenvalue weighted by Crippen LogP contribution is 2.14. The Morgan fingerprint density at radius 1 is 1.39 bits per heavy atom.